The summed E-state index contributed by atoms with van der Waals surface area (Å²) in [5.41, 5.74) is 0.921. The highest BCUT2D eigenvalue weighted by molar-refractivity contribution is 6.34. The molecule has 0 saturated carbocycles. The van der Waals surface area contributed by atoms with Crippen molar-refractivity contribution in [3.8, 4) is 0 Å². The molecule has 1 aromatic heterocycles. The highest BCUT2D eigenvalue weighted by Gasteiger charge is 2.28. The molecule has 1 aromatic carbocycles. The number of rotatable bonds is 4. The highest BCUT2D eigenvalue weighted by atomic mass is 35.5. The zero-order chi connectivity index (χ0) is 16.4. The number of aromatic carboxylic acids is 1. The summed E-state index contributed by atoms with van der Waals surface area (Å²) in [6.45, 7) is 4.37. The summed E-state index contributed by atoms with van der Waals surface area (Å²) in [5, 5.41) is 9.49. The summed E-state index contributed by atoms with van der Waals surface area (Å²) in [6, 6.07) is 8.98. The maximum Gasteiger partial charge on any atom is 0.337 e. The second-order valence-electron chi connectivity index (χ2n) is 5.59. The van der Waals surface area contributed by atoms with Gasteiger partial charge in [0.2, 0.25) is 0 Å². The van der Waals surface area contributed by atoms with Crippen molar-refractivity contribution >= 4 is 17.6 Å². The SMILES string of the molecule is Cc1ccc(C2COCCN2Cc2cccc(C(=O)O)c2Cl)o1. The second kappa shape index (κ2) is 6.74. The summed E-state index contributed by atoms with van der Waals surface area (Å²) in [4.78, 5) is 13.4. The van der Waals surface area contributed by atoms with Crippen LogP contribution < -0.4 is 0 Å². The van der Waals surface area contributed by atoms with Crippen LogP contribution in [0.5, 0.6) is 0 Å². The molecule has 1 aliphatic heterocycles. The molecule has 122 valence electrons. The van der Waals surface area contributed by atoms with Crippen LogP contribution in [0.15, 0.2) is 34.7 Å². The molecule has 6 heteroatoms. The topological polar surface area (TPSA) is 62.9 Å². The number of furan rings is 1. The van der Waals surface area contributed by atoms with E-state index in [0.717, 1.165) is 23.6 Å². The van der Waals surface area contributed by atoms with Gasteiger partial charge in [-0.15, -0.1) is 0 Å². The molecule has 2 heterocycles. The second-order valence-corrected chi connectivity index (χ2v) is 5.97. The van der Waals surface area contributed by atoms with E-state index in [1.807, 2.05) is 25.1 Å². The number of halogens is 1. The number of carboxylic acid groups (broad SMARTS) is 1. The average Bonchev–Trinajstić information content (AvgIpc) is 2.96. The molecule has 1 fully saturated rings. The van der Waals surface area contributed by atoms with Crippen LogP contribution in [-0.4, -0.2) is 35.7 Å². The van der Waals surface area contributed by atoms with Crippen LogP contribution in [0.25, 0.3) is 0 Å². The maximum atomic E-state index is 11.2. The number of carbonyl (C=O) groups is 1. The normalized spacial score (nSPS) is 19.0. The van der Waals surface area contributed by atoms with E-state index in [9.17, 15) is 9.90 Å². The van der Waals surface area contributed by atoms with Gasteiger partial charge in [0.05, 0.1) is 29.8 Å². The molecule has 1 atom stereocenters. The number of benzene rings is 1. The van der Waals surface area contributed by atoms with E-state index in [0.29, 0.717) is 24.8 Å². The first-order valence-corrected chi connectivity index (χ1v) is 7.83. The maximum absolute atomic E-state index is 11.2. The lowest BCUT2D eigenvalue weighted by molar-refractivity contribution is -0.0205. The fourth-order valence-corrected chi connectivity index (χ4v) is 3.07. The van der Waals surface area contributed by atoms with Gasteiger partial charge in [0, 0.05) is 13.1 Å². The van der Waals surface area contributed by atoms with Crippen LogP contribution in [-0.2, 0) is 11.3 Å². The van der Waals surface area contributed by atoms with Crippen molar-refractivity contribution < 1.29 is 19.1 Å². The Morgan fingerprint density at radius 1 is 1.39 bits per heavy atom. The molecule has 23 heavy (non-hydrogen) atoms. The third-order valence-corrected chi connectivity index (χ3v) is 4.46. The van der Waals surface area contributed by atoms with Gasteiger partial charge in [0.15, 0.2) is 0 Å². The Morgan fingerprint density at radius 2 is 2.22 bits per heavy atom. The van der Waals surface area contributed by atoms with Crippen molar-refractivity contribution in [2.75, 3.05) is 19.8 Å². The quantitative estimate of drug-likeness (QED) is 0.926. The highest BCUT2D eigenvalue weighted by Crippen LogP contribution is 2.30. The number of morpholine rings is 1. The largest absolute Gasteiger partial charge is 0.478 e. The lowest BCUT2D eigenvalue weighted by atomic mass is 10.1. The summed E-state index contributed by atoms with van der Waals surface area (Å²) >= 11 is 6.26. The summed E-state index contributed by atoms with van der Waals surface area (Å²) < 4.78 is 11.3. The molecule has 0 spiro atoms. The minimum absolute atomic E-state index is 0.00185. The zero-order valence-electron chi connectivity index (χ0n) is 12.8. The van der Waals surface area contributed by atoms with Crippen LogP contribution >= 0.6 is 11.6 Å². The Bertz CT molecular complexity index is 712. The van der Waals surface area contributed by atoms with Gasteiger partial charge in [-0.3, -0.25) is 4.90 Å². The van der Waals surface area contributed by atoms with E-state index in [-0.39, 0.29) is 11.6 Å². The Kier molecular flexibility index (Phi) is 4.71. The lowest BCUT2D eigenvalue weighted by Crippen LogP contribution is -2.38. The van der Waals surface area contributed by atoms with E-state index in [1.54, 1.807) is 6.07 Å². The molecule has 1 unspecified atom stereocenters. The number of aryl methyl sites for hydroxylation is 1. The van der Waals surface area contributed by atoms with Gasteiger partial charge < -0.3 is 14.3 Å². The Balaban J connectivity index is 1.85. The van der Waals surface area contributed by atoms with Crippen molar-refractivity contribution in [2.45, 2.75) is 19.5 Å². The van der Waals surface area contributed by atoms with Crippen LogP contribution in [0.1, 0.15) is 33.5 Å². The van der Waals surface area contributed by atoms with Crippen molar-refractivity contribution in [1.29, 1.82) is 0 Å². The molecular weight excluding hydrogens is 318 g/mol. The van der Waals surface area contributed by atoms with Crippen LogP contribution in [0.4, 0.5) is 0 Å². The number of nitrogens with zero attached hydrogens (tertiary/aromatic N) is 1. The first-order valence-electron chi connectivity index (χ1n) is 7.45. The van der Waals surface area contributed by atoms with Crippen LogP contribution in [0, 0.1) is 6.92 Å². The molecular formula is C17H18ClNO4. The van der Waals surface area contributed by atoms with Crippen molar-refractivity contribution in [3.63, 3.8) is 0 Å². The third-order valence-electron chi connectivity index (χ3n) is 4.01. The Morgan fingerprint density at radius 3 is 2.91 bits per heavy atom. The van der Waals surface area contributed by atoms with E-state index in [4.69, 9.17) is 20.8 Å². The van der Waals surface area contributed by atoms with E-state index in [1.165, 1.54) is 6.07 Å². The lowest BCUT2D eigenvalue weighted by Gasteiger charge is -2.34. The van der Waals surface area contributed by atoms with Crippen LogP contribution in [0.3, 0.4) is 0 Å². The molecule has 1 N–H and O–H groups in total. The minimum Gasteiger partial charge on any atom is -0.478 e. The van der Waals surface area contributed by atoms with Crippen molar-refractivity contribution in [3.05, 3.63) is 58.0 Å². The van der Waals surface area contributed by atoms with Gasteiger partial charge in [-0.2, -0.15) is 0 Å². The van der Waals surface area contributed by atoms with Gasteiger partial charge >= 0.3 is 5.97 Å². The number of hydrogen-bond donors (Lipinski definition) is 1. The molecule has 0 aliphatic carbocycles. The van der Waals surface area contributed by atoms with Gasteiger partial charge in [-0.25, -0.2) is 4.79 Å². The monoisotopic (exact) mass is 335 g/mol. The number of hydrogen-bond acceptors (Lipinski definition) is 4. The van der Waals surface area contributed by atoms with E-state index < -0.39 is 5.97 Å². The smallest absolute Gasteiger partial charge is 0.337 e. The molecule has 2 aromatic rings. The van der Waals surface area contributed by atoms with Gasteiger partial charge in [-0.05, 0) is 30.7 Å². The first kappa shape index (κ1) is 16.1. The Labute approximate surface area is 139 Å². The molecule has 1 saturated heterocycles. The Hall–Kier alpha value is -1.82. The van der Waals surface area contributed by atoms with E-state index in [2.05, 4.69) is 4.90 Å². The minimum atomic E-state index is -1.02. The van der Waals surface area contributed by atoms with Crippen molar-refractivity contribution in [2.24, 2.45) is 0 Å². The van der Waals surface area contributed by atoms with Gasteiger partial charge in [0.1, 0.15) is 11.5 Å². The molecule has 3 rings (SSSR count). The van der Waals surface area contributed by atoms with Crippen LogP contribution in [0.2, 0.25) is 5.02 Å². The van der Waals surface area contributed by atoms with Gasteiger partial charge in [0.25, 0.3) is 0 Å². The number of ether oxygens (including phenoxy) is 1. The fraction of sp³-hybridized carbons (Fsp3) is 0.353. The fourth-order valence-electron chi connectivity index (χ4n) is 2.81. The molecule has 0 amide bonds. The first-order chi connectivity index (χ1) is 11.1. The summed E-state index contributed by atoms with van der Waals surface area (Å²) in [7, 11) is 0. The molecule has 5 nitrogen and oxygen atoms in total. The zero-order valence-corrected chi connectivity index (χ0v) is 13.5. The summed E-state index contributed by atoms with van der Waals surface area (Å²) in [5.74, 6) is 0.696. The molecule has 1 aliphatic rings. The predicted molar refractivity (Wildman–Crippen MR) is 85.8 cm³/mol. The van der Waals surface area contributed by atoms with Gasteiger partial charge in [-0.1, -0.05) is 23.7 Å². The summed E-state index contributed by atoms with van der Waals surface area (Å²) in [6.07, 6.45) is 0. The third kappa shape index (κ3) is 3.42. The standard InChI is InChI=1S/C17H18ClNO4/c1-11-5-6-15(23-11)14-10-22-8-7-19(14)9-12-3-2-4-13(16(12)18)17(20)21/h2-6,14H,7-10H2,1H3,(H,20,21). The van der Waals surface area contributed by atoms with E-state index >= 15 is 0 Å². The molecule has 0 bridgehead atoms. The van der Waals surface area contributed by atoms with Crippen molar-refractivity contribution in [1.82, 2.24) is 4.90 Å². The number of carboxylic acids is 1. The molecule has 0 radical (unpaired) electrons. The predicted octanol–water partition coefficient (Wildman–Crippen LogP) is 3.51. The average molecular weight is 336 g/mol.